The molecule has 0 radical (unpaired) electrons. The minimum Gasteiger partial charge on any atom is -0.393 e. The number of nitrogens with zero attached hydrogens (tertiary/aromatic N) is 1. The first-order valence-electron chi connectivity index (χ1n) is 7.05. The van der Waals surface area contributed by atoms with Crippen LogP contribution in [-0.2, 0) is 16.0 Å². The molecule has 4 nitrogen and oxygen atoms in total. The largest absolute Gasteiger partial charge is 0.393 e. The number of carbonyl (C=O) groups is 1. The molecule has 1 aromatic carbocycles. The molecule has 0 aliphatic rings. The van der Waals surface area contributed by atoms with Crippen molar-refractivity contribution < 1.29 is 9.53 Å². The second kappa shape index (κ2) is 8.74. The van der Waals surface area contributed by atoms with Gasteiger partial charge in [0.2, 0.25) is 5.91 Å². The van der Waals surface area contributed by atoms with Crippen molar-refractivity contribution in [1.82, 2.24) is 4.90 Å². The van der Waals surface area contributed by atoms with Gasteiger partial charge in [0.15, 0.2) is 0 Å². The summed E-state index contributed by atoms with van der Waals surface area (Å²) in [4.78, 5) is 14.6. The van der Waals surface area contributed by atoms with Crippen LogP contribution in [0.15, 0.2) is 18.2 Å². The van der Waals surface area contributed by atoms with Crippen molar-refractivity contribution in [2.24, 2.45) is 5.73 Å². The third-order valence-corrected chi connectivity index (χ3v) is 3.68. The zero-order valence-electron chi connectivity index (χ0n) is 13.0. The summed E-state index contributed by atoms with van der Waals surface area (Å²) >= 11 is 4.88. The van der Waals surface area contributed by atoms with Crippen molar-refractivity contribution >= 4 is 23.1 Å². The van der Waals surface area contributed by atoms with Crippen LogP contribution in [0.4, 0.5) is 0 Å². The first-order valence-corrected chi connectivity index (χ1v) is 7.46. The minimum absolute atomic E-state index is 0.0755. The van der Waals surface area contributed by atoms with E-state index in [0.29, 0.717) is 37.5 Å². The maximum absolute atomic E-state index is 12.4. The van der Waals surface area contributed by atoms with E-state index in [2.05, 4.69) is 19.9 Å². The van der Waals surface area contributed by atoms with Crippen molar-refractivity contribution in [3.63, 3.8) is 0 Å². The first kappa shape index (κ1) is 17.6. The lowest BCUT2D eigenvalue weighted by molar-refractivity contribution is -0.131. The number of ether oxygens (including phenoxy) is 1. The van der Waals surface area contributed by atoms with Crippen LogP contribution in [0, 0.1) is 13.8 Å². The molecule has 0 saturated carbocycles. The van der Waals surface area contributed by atoms with Crippen LogP contribution in [0.3, 0.4) is 0 Å². The predicted octanol–water partition coefficient (Wildman–Crippen LogP) is 2.00. The SMILES string of the molecule is COCCN(CCC(N)=S)C(=O)Cc1ccc(C)c(C)c1. The molecular weight excluding hydrogens is 284 g/mol. The number of thiocarbonyl (C=S) groups is 1. The van der Waals surface area contributed by atoms with Crippen molar-refractivity contribution in [3.05, 3.63) is 34.9 Å². The van der Waals surface area contributed by atoms with Gasteiger partial charge in [0, 0.05) is 26.6 Å². The highest BCUT2D eigenvalue weighted by Crippen LogP contribution is 2.11. The average molecular weight is 308 g/mol. The van der Waals surface area contributed by atoms with Crippen LogP contribution in [0.1, 0.15) is 23.1 Å². The zero-order chi connectivity index (χ0) is 15.8. The molecule has 0 unspecified atom stereocenters. The lowest BCUT2D eigenvalue weighted by Gasteiger charge is -2.22. The fourth-order valence-electron chi connectivity index (χ4n) is 2.01. The smallest absolute Gasteiger partial charge is 0.227 e. The average Bonchev–Trinajstić information content (AvgIpc) is 2.42. The second-order valence-corrected chi connectivity index (χ2v) is 5.71. The number of aryl methyl sites for hydroxylation is 2. The summed E-state index contributed by atoms with van der Waals surface area (Å²) in [6.45, 7) is 5.73. The van der Waals surface area contributed by atoms with Gasteiger partial charge in [-0.15, -0.1) is 0 Å². The number of hydrogen-bond acceptors (Lipinski definition) is 3. The van der Waals surface area contributed by atoms with Crippen LogP contribution in [-0.4, -0.2) is 42.6 Å². The quantitative estimate of drug-likeness (QED) is 0.746. The number of amides is 1. The highest BCUT2D eigenvalue weighted by molar-refractivity contribution is 7.80. The maximum atomic E-state index is 12.4. The zero-order valence-corrected chi connectivity index (χ0v) is 13.8. The molecule has 2 N–H and O–H groups in total. The normalized spacial score (nSPS) is 10.4. The Kier molecular flexibility index (Phi) is 7.32. The van der Waals surface area contributed by atoms with Gasteiger partial charge >= 0.3 is 0 Å². The third-order valence-electron chi connectivity index (χ3n) is 3.47. The lowest BCUT2D eigenvalue weighted by Crippen LogP contribution is -2.37. The Morgan fingerprint density at radius 2 is 2.00 bits per heavy atom. The van der Waals surface area contributed by atoms with E-state index in [1.54, 1.807) is 12.0 Å². The molecule has 0 saturated heterocycles. The third kappa shape index (κ3) is 6.23. The molecule has 0 aromatic heterocycles. The number of nitrogens with two attached hydrogens (primary N) is 1. The molecule has 21 heavy (non-hydrogen) atoms. The van der Waals surface area contributed by atoms with Crippen molar-refractivity contribution in [1.29, 1.82) is 0 Å². The molecule has 0 aliphatic heterocycles. The van der Waals surface area contributed by atoms with E-state index in [1.165, 1.54) is 11.1 Å². The van der Waals surface area contributed by atoms with Gasteiger partial charge in [-0.1, -0.05) is 30.4 Å². The number of methoxy groups -OCH3 is 1. The summed E-state index contributed by atoms with van der Waals surface area (Å²) in [5.41, 5.74) is 8.98. The first-order chi connectivity index (χ1) is 9.93. The summed E-state index contributed by atoms with van der Waals surface area (Å²) in [7, 11) is 1.62. The molecule has 0 bridgehead atoms. The Hall–Kier alpha value is -1.46. The monoisotopic (exact) mass is 308 g/mol. The van der Waals surface area contributed by atoms with E-state index in [1.807, 2.05) is 12.1 Å². The number of rotatable bonds is 8. The van der Waals surface area contributed by atoms with Gasteiger partial charge < -0.3 is 15.4 Å². The van der Waals surface area contributed by atoms with E-state index in [9.17, 15) is 4.79 Å². The van der Waals surface area contributed by atoms with Crippen molar-refractivity contribution in [2.45, 2.75) is 26.7 Å². The molecular formula is C16H24N2O2S. The van der Waals surface area contributed by atoms with Crippen LogP contribution in [0.2, 0.25) is 0 Å². The van der Waals surface area contributed by atoms with Gasteiger partial charge in [-0.05, 0) is 30.5 Å². The van der Waals surface area contributed by atoms with Gasteiger partial charge in [-0.3, -0.25) is 4.79 Å². The van der Waals surface area contributed by atoms with Crippen molar-refractivity contribution in [2.75, 3.05) is 26.8 Å². The summed E-state index contributed by atoms with van der Waals surface area (Å²) < 4.78 is 5.06. The highest BCUT2D eigenvalue weighted by atomic mass is 32.1. The van der Waals surface area contributed by atoms with Crippen LogP contribution >= 0.6 is 12.2 Å². The Morgan fingerprint density at radius 1 is 1.29 bits per heavy atom. The molecule has 0 atom stereocenters. The summed E-state index contributed by atoms with van der Waals surface area (Å²) in [6, 6.07) is 6.12. The minimum atomic E-state index is 0.0755. The van der Waals surface area contributed by atoms with Crippen LogP contribution in [0.5, 0.6) is 0 Å². The lowest BCUT2D eigenvalue weighted by atomic mass is 10.0. The fourth-order valence-corrected chi connectivity index (χ4v) is 2.10. The number of carbonyl (C=O) groups excluding carboxylic acids is 1. The van der Waals surface area contributed by atoms with Gasteiger partial charge in [0.1, 0.15) is 0 Å². The summed E-state index contributed by atoms with van der Waals surface area (Å²) in [5.74, 6) is 0.0755. The van der Waals surface area contributed by atoms with Crippen molar-refractivity contribution in [3.8, 4) is 0 Å². The molecule has 0 aliphatic carbocycles. The van der Waals surface area contributed by atoms with E-state index in [-0.39, 0.29) is 5.91 Å². The molecule has 116 valence electrons. The van der Waals surface area contributed by atoms with Gasteiger partial charge in [-0.2, -0.15) is 0 Å². The van der Waals surface area contributed by atoms with E-state index < -0.39 is 0 Å². The van der Waals surface area contributed by atoms with E-state index in [0.717, 1.165) is 5.56 Å². The Morgan fingerprint density at radius 3 is 2.57 bits per heavy atom. The molecule has 1 rings (SSSR count). The standard InChI is InChI=1S/C16H24N2O2S/c1-12-4-5-14(10-13(12)2)11-16(19)18(8-9-20-3)7-6-15(17)21/h4-5,10H,6-9,11H2,1-3H3,(H2,17,21). The van der Waals surface area contributed by atoms with Crippen LogP contribution in [0.25, 0.3) is 0 Å². The van der Waals surface area contributed by atoms with E-state index in [4.69, 9.17) is 22.7 Å². The fraction of sp³-hybridized carbons (Fsp3) is 0.500. The predicted molar refractivity (Wildman–Crippen MR) is 89.5 cm³/mol. The Balaban J connectivity index is 2.69. The van der Waals surface area contributed by atoms with Gasteiger partial charge in [-0.25, -0.2) is 0 Å². The molecule has 5 heteroatoms. The number of benzene rings is 1. The Bertz CT molecular complexity index is 503. The van der Waals surface area contributed by atoms with Gasteiger partial charge in [0.05, 0.1) is 18.0 Å². The Labute approximate surface area is 132 Å². The molecule has 0 spiro atoms. The molecule has 1 amide bonds. The van der Waals surface area contributed by atoms with Gasteiger partial charge in [0.25, 0.3) is 0 Å². The number of hydrogen-bond donors (Lipinski definition) is 1. The topological polar surface area (TPSA) is 55.6 Å². The summed E-state index contributed by atoms with van der Waals surface area (Å²) in [5, 5.41) is 0. The molecule has 0 fully saturated rings. The molecule has 1 aromatic rings. The highest BCUT2D eigenvalue weighted by Gasteiger charge is 2.14. The summed E-state index contributed by atoms with van der Waals surface area (Å²) in [6.07, 6.45) is 0.930. The maximum Gasteiger partial charge on any atom is 0.227 e. The molecule has 0 heterocycles. The van der Waals surface area contributed by atoms with E-state index >= 15 is 0 Å². The van der Waals surface area contributed by atoms with Crippen LogP contribution < -0.4 is 5.73 Å². The second-order valence-electron chi connectivity index (χ2n) is 5.19.